The fourth-order valence-electron chi connectivity index (χ4n) is 1.24. The Morgan fingerprint density at radius 3 is 3.00 bits per heavy atom. The average molecular weight is 239 g/mol. The number of rotatable bonds is 3. The van der Waals surface area contributed by atoms with Crippen LogP contribution in [0.2, 0.25) is 0 Å². The number of aromatic amines is 1. The molecule has 1 aromatic carbocycles. The van der Waals surface area contributed by atoms with Gasteiger partial charge in [0.05, 0.1) is 0 Å². The number of hydrogen-bond donors (Lipinski definition) is 1. The van der Waals surface area contributed by atoms with E-state index in [0.29, 0.717) is 10.9 Å². The van der Waals surface area contributed by atoms with E-state index in [1.807, 2.05) is 6.07 Å². The summed E-state index contributed by atoms with van der Waals surface area (Å²) < 4.78 is 14.3. The SMILES string of the molecule is Cn1c(SCc2cccc(F)c2)n[nH]c1=O. The molecule has 84 valence electrons. The third-order valence-electron chi connectivity index (χ3n) is 2.10. The molecule has 0 saturated carbocycles. The van der Waals surface area contributed by atoms with Crippen molar-refractivity contribution < 1.29 is 4.39 Å². The molecule has 0 spiro atoms. The lowest BCUT2D eigenvalue weighted by Gasteiger charge is -2.00. The monoisotopic (exact) mass is 239 g/mol. The lowest BCUT2D eigenvalue weighted by Crippen LogP contribution is -2.12. The smallest absolute Gasteiger partial charge is 0.273 e. The zero-order valence-electron chi connectivity index (χ0n) is 8.61. The molecule has 0 saturated heterocycles. The molecular formula is C10H10FN3OS. The second kappa shape index (κ2) is 4.52. The summed E-state index contributed by atoms with van der Waals surface area (Å²) in [5, 5.41) is 6.79. The number of nitrogens with one attached hydrogen (secondary N) is 1. The van der Waals surface area contributed by atoms with Gasteiger partial charge in [-0.2, -0.15) is 0 Å². The number of thioether (sulfide) groups is 1. The summed E-state index contributed by atoms with van der Waals surface area (Å²) in [7, 11) is 1.64. The Morgan fingerprint density at radius 1 is 1.56 bits per heavy atom. The number of nitrogens with zero attached hydrogens (tertiary/aromatic N) is 2. The summed E-state index contributed by atoms with van der Waals surface area (Å²) in [6.07, 6.45) is 0. The Morgan fingerprint density at radius 2 is 2.38 bits per heavy atom. The summed E-state index contributed by atoms with van der Waals surface area (Å²) in [6, 6.07) is 6.37. The van der Waals surface area contributed by atoms with Gasteiger partial charge in [-0.25, -0.2) is 14.3 Å². The van der Waals surface area contributed by atoms with Crippen LogP contribution in [0.5, 0.6) is 0 Å². The van der Waals surface area contributed by atoms with Crippen molar-refractivity contribution in [3.05, 3.63) is 46.1 Å². The fourth-order valence-corrected chi connectivity index (χ4v) is 2.10. The first-order valence-corrected chi connectivity index (χ1v) is 5.64. The van der Waals surface area contributed by atoms with Gasteiger partial charge in [-0.05, 0) is 17.7 Å². The molecule has 0 unspecified atom stereocenters. The summed E-state index contributed by atoms with van der Waals surface area (Å²) in [4.78, 5) is 11.1. The van der Waals surface area contributed by atoms with Crippen molar-refractivity contribution in [2.75, 3.05) is 0 Å². The van der Waals surface area contributed by atoms with Crippen LogP contribution in [0.15, 0.2) is 34.2 Å². The second-order valence-electron chi connectivity index (χ2n) is 3.29. The van der Waals surface area contributed by atoms with E-state index in [1.54, 1.807) is 13.1 Å². The van der Waals surface area contributed by atoms with E-state index in [1.165, 1.54) is 28.5 Å². The number of hydrogen-bond acceptors (Lipinski definition) is 3. The number of aromatic nitrogens is 3. The molecule has 0 fully saturated rings. The van der Waals surface area contributed by atoms with E-state index in [0.717, 1.165) is 5.56 Å². The molecule has 0 aliphatic rings. The Bertz CT molecular complexity index is 549. The van der Waals surface area contributed by atoms with Gasteiger partial charge in [0.15, 0.2) is 5.16 Å². The third-order valence-corrected chi connectivity index (χ3v) is 3.20. The largest absolute Gasteiger partial charge is 0.343 e. The van der Waals surface area contributed by atoms with Crippen LogP contribution in [-0.4, -0.2) is 14.8 Å². The minimum absolute atomic E-state index is 0.248. The average Bonchev–Trinajstić information content (AvgIpc) is 2.57. The minimum Gasteiger partial charge on any atom is -0.273 e. The van der Waals surface area contributed by atoms with Crippen molar-refractivity contribution in [3.63, 3.8) is 0 Å². The van der Waals surface area contributed by atoms with Crippen LogP contribution in [-0.2, 0) is 12.8 Å². The third kappa shape index (κ3) is 2.33. The number of H-pyrrole nitrogens is 1. The molecule has 1 N–H and O–H groups in total. The molecule has 0 bridgehead atoms. The van der Waals surface area contributed by atoms with E-state index < -0.39 is 0 Å². The maximum atomic E-state index is 12.9. The van der Waals surface area contributed by atoms with Gasteiger partial charge < -0.3 is 0 Å². The number of benzene rings is 1. The molecule has 0 amide bonds. The van der Waals surface area contributed by atoms with Crippen molar-refractivity contribution >= 4 is 11.8 Å². The Kier molecular flexibility index (Phi) is 3.09. The van der Waals surface area contributed by atoms with Gasteiger partial charge in [-0.3, -0.25) is 4.57 Å². The van der Waals surface area contributed by atoms with Crippen molar-refractivity contribution in [1.29, 1.82) is 0 Å². The molecule has 2 aromatic rings. The zero-order chi connectivity index (χ0) is 11.5. The first kappa shape index (κ1) is 10.9. The van der Waals surface area contributed by atoms with Gasteiger partial charge in [-0.15, -0.1) is 5.10 Å². The van der Waals surface area contributed by atoms with Crippen LogP contribution in [0.4, 0.5) is 4.39 Å². The zero-order valence-corrected chi connectivity index (χ0v) is 9.42. The molecule has 6 heteroatoms. The Balaban J connectivity index is 2.08. The van der Waals surface area contributed by atoms with Crippen LogP contribution in [0.25, 0.3) is 0 Å². The highest BCUT2D eigenvalue weighted by Gasteiger charge is 2.05. The molecule has 0 radical (unpaired) electrons. The summed E-state index contributed by atoms with van der Waals surface area (Å²) in [5.74, 6) is 0.324. The fraction of sp³-hybridized carbons (Fsp3) is 0.200. The molecule has 0 aliphatic carbocycles. The van der Waals surface area contributed by atoms with Crippen LogP contribution >= 0.6 is 11.8 Å². The highest BCUT2D eigenvalue weighted by Crippen LogP contribution is 2.19. The highest BCUT2D eigenvalue weighted by molar-refractivity contribution is 7.98. The van der Waals surface area contributed by atoms with Crippen molar-refractivity contribution in [2.24, 2.45) is 7.05 Å². The normalized spacial score (nSPS) is 10.6. The standard InChI is InChI=1S/C10H10FN3OS/c1-14-9(15)12-13-10(14)16-6-7-3-2-4-8(11)5-7/h2-5H,6H2,1H3,(H,12,15). The molecule has 0 aliphatic heterocycles. The molecule has 1 aromatic heterocycles. The van der Waals surface area contributed by atoms with E-state index in [-0.39, 0.29) is 11.5 Å². The molecule has 1 heterocycles. The van der Waals surface area contributed by atoms with Crippen molar-refractivity contribution in [3.8, 4) is 0 Å². The quantitative estimate of drug-likeness (QED) is 0.826. The van der Waals surface area contributed by atoms with Gasteiger partial charge in [0.2, 0.25) is 0 Å². The van der Waals surface area contributed by atoms with E-state index >= 15 is 0 Å². The second-order valence-corrected chi connectivity index (χ2v) is 4.23. The van der Waals surface area contributed by atoms with Gasteiger partial charge in [0.25, 0.3) is 0 Å². The topological polar surface area (TPSA) is 50.7 Å². The summed E-state index contributed by atoms with van der Waals surface area (Å²) >= 11 is 1.38. The first-order valence-electron chi connectivity index (χ1n) is 4.65. The molecule has 0 atom stereocenters. The van der Waals surface area contributed by atoms with Gasteiger partial charge >= 0.3 is 5.69 Å². The lowest BCUT2D eigenvalue weighted by atomic mass is 10.2. The molecule has 2 rings (SSSR count). The van der Waals surface area contributed by atoms with Gasteiger partial charge in [-0.1, -0.05) is 23.9 Å². The van der Waals surface area contributed by atoms with Crippen LogP contribution < -0.4 is 5.69 Å². The van der Waals surface area contributed by atoms with Crippen LogP contribution in [0.3, 0.4) is 0 Å². The Hall–Kier alpha value is -1.56. The highest BCUT2D eigenvalue weighted by atomic mass is 32.2. The molecular weight excluding hydrogens is 229 g/mol. The molecule has 4 nitrogen and oxygen atoms in total. The van der Waals surface area contributed by atoms with Gasteiger partial charge in [0.1, 0.15) is 5.82 Å². The first-order chi connectivity index (χ1) is 7.66. The van der Waals surface area contributed by atoms with Crippen molar-refractivity contribution in [1.82, 2.24) is 14.8 Å². The maximum Gasteiger partial charge on any atom is 0.343 e. The van der Waals surface area contributed by atoms with E-state index in [4.69, 9.17) is 0 Å². The summed E-state index contributed by atoms with van der Waals surface area (Å²) in [6.45, 7) is 0. The predicted molar refractivity (Wildman–Crippen MR) is 59.8 cm³/mol. The Labute approximate surface area is 95.5 Å². The molecule has 16 heavy (non-hydrogen) atoms. The summed E-state index contributed by atoms with van der Waals surface area (Å²) in [5.41, 5.74) is 0.613. The predicted octanol–water partition coefficient (Wildman–Crippen LogP) is 1.54. The minimum atomic E-state index is -0.256. The number of halogens is 1. The maximum absolute atomic E-state index is 12.9. The lowest BCUT2D eigenvalue weighted by molar-refractivity contribution is 0.626. The van der Waals surface area contributed by atoms with Crippen LogP contribution in [0.1, 0.15) is 5.56 Å². The van der Waals surface area contributed by atoms with Crippen molar-refractivity contribution in [2.45, 2.75) is 10.9 Å². The van der Waals surface area contributed by atoms with E-state index in [9.17, 15) is 9.18 Å². The van der Waals surface area contributed by atoms with Gasteiger partial charge in [0, 0.05) is 12.8 Å². The van der Waals surface area contributed by atoms with Crippen LogP contribution in [0, 0.1) is 5.82 Å². The van der Waals surface area contributed by atoms with E-state index in [2.05, 4.69) is 10.2 Å².